The number of amides is 2. The minimum absolute atomic E-state index is 0.0336. The Hall–Kier alpha value is -2.97. The fourth-order valence-electron chi connectivity index (χ4n) is 1.38. The molecule has 0 bridgehead atoms. The van der Waals surface area contributed by atoms with Crippen molar-refractivity contribution in [3.63, 3.8) is 0 Å². The van der Waals surface area contributed by atoms with Gasteiger partial charge in [-0.05, 0) is 12.1 Å². The highest BCUT2D eigenvalue weighted by Gasteiger charge is 2.22. The van der Waals surface area contributed by atoms with Crippen molar-refractivity contribution < 1.29 is 24.4 Å². The number of carbonyl (C=O) groups is 3. The van der Waals surface area contributed by atoms with E-state index in [0.29, 0.717) is 0 Å². The largest absolute Gasteiger partial charge is 0.480 e. The van der Waals surface area contributed by atoms with Crippen molar-refractivity contribution in [2.45, 2.75) is 12.5 Å². The molecule has 0 saturated carbocycles. The maximum Gasteiger partial charge on any atom is 0.326 e. The van der Waals surface area contributed by atoms with Gasteiger partial charge in [0, 0.05) is 17.7 Å². The average molecular weight is 281 g/mol. The first kappa shape index (κ1) is 15.1. The molecule has 2 amide bonds. The number of benzene rings is 1. The smallest absolute Gasteiger partial charge is 0.326 e. The van der Waals surface area contributed by atoms with Gasteiger partial charge >= 0.3 is 5.97 Å². The maximum absolute atomic E-state index is 11.7. The summed E-state index contributed by atoms with van der Waals surface area (Å²) in [5.74, 6) is -3.05. The van der Waals surface area contributed by atoms with Crippen LogP contribution in [0, 0.1) is 10.1 Å². The highest BCUT2D eigenvalue weighted by molar-refractivity contribution is 5.97. The summed E-state index contributed by atoms with van der Waals surface area (Å²) in [6.45, 7) is 0. The standard InChI is InChI=1S/C11H11N3O6/c12-9(15)5-8(11(17)18)13-10(16)6-1-3-7(4-2-6)14(19)20/h1-4,8H,5H2,(H2,12,15)(H,13,16)(H,17,18). The second kappa shape index (κ2) is 6.27. The van der Waals surface area contributed by atoms with Crippen LogP contribution >= 0.6 is 0 Å². The van der Waals surface area contributed by atoms with Crippen molar-refractivity contribution >= 4 is 23.5 Å². The van der Waals surface area contributed by atoms with Gasteiger partial charge < -0.3 is 16.2 Å². The molecule has 1 unspecified atom stereocenters. The number of primary amides is 1. The zero-order chi connectivity index (χ0) is 15.3. The minimum atomic E-state index is -1.45. The van der Waals surface area contributed by atoms with E-state index in [9.17, 15) is 24.5 Å². The highest BCUT2D eigenvalue weighted by Crippen LogP contribution is 2.12. The van der Waals surface area contributed by atoms with Gasteiger partial charge in [0.1, 0.15) is 6.04 Å². The van der Waals surface area contributed by atoms with Crippen LogP contribution in [0.5, 0.6) is 0 Å². The van der Waals surface area contributed by atoms with Crippen LogP contribution < -0.4 is 11.1 Å². The van der Waals surface area contributed by atoms with Gasteiger partial charge in [-0.1, -0.05) is 0 Å². The van der Waals surface area contributed by atoms with Crippen LogP contribution in [0.15, 0.2) is 24.3 Å². The van der Waals surface area contributed by atoms with Gasteiger partial charge in [0.15, 0.2) is 0 Å². The molecule has 1 aromatic carbocycles. The molecule has 0 radical (unpaired) electrons. The van der Waals surface area contributed by atoms with Gasteiger partial charge in [-0.3, -0.25) is 19.7 Å². The summed E-state index contributed by atoms with van der Waals surface area (Å²) >= 11 is 0. The molecule has 4 N–H and O–H groups in total. The first-order valence-electron chi connectivity index (χ1n) is 5.37. The van der Waals surface area contributed by atoms with E-state index in [1.54, 1.807) is 0 Å². The molecular weight excluding hydrogens is 270 g/mol. The van der Waals surface area contributed by atoms with E-state index in [2.05, 4.69) is 5.32 Å². The number of nitrogens with zero attached hydrogens (tertiary/aromatic N) is 1. The summed E-state index contributed by atoms with van der Waals surface area (Å²) in [4.78, 5) is 43.1. The molecule has 9 nitrogen and oxygen atoms in total. The first-order valence-corrected chi connectivity index (χ1v) is 5.37. The fourth-order valence-corrected chi connectivity index (χ4v) is 1.38. The monoisotopic (exact) mass is 281 g/mol. The molecule has 9 heteroatoms. The van der Waals surface area contributed by atoms with Crippen molar-refractivity contribution in [1.29, 1.82) is 0 Å². The zero-order valence-corrected chi connectivity index (χ0v) is 10.1. The molecule has 106 valence electrons. The van der Waals surface area contributed by atoms with Crippen molar-refractivity contribution in [1.82, 2.24) is 5.32 Å². The van der Waals surface area contributed by atoms with Crippen LogP contribution in [0.2, 0.25) is 0 Å². The van der Waals surface area contributed by atoms with E-state index in [0.717, 1.165) is 12.1 Å². The van der Waals surface area contributed by atoms with Crippen molar-refractivity contribution in [2.75, 3.05) is 0 Å². The number of nitro groups is 1. The zero-order valence-electron chi connectivity index (χ0n) is 10.1. The summed E-state index contributed by atoms with van der Waals surface area (Å²) < 4.78 is 0. The van der Waals surface area contributed by atoms with Gasteiger partial charge in [-0.2, -0.15) is 0 Å². The third-order valence-corrected chi connectivity index (χ3v) is 2.35. The molecule has 0 heterocycles. The molecule has 0 aliphatic rings. The second-order valence-electron chi connectivity index (χ2n) is 3.84. The van der Waals surface area contributed by atoms with Crippen LogP contribution in [0.1, 0.15) is 16.8 Å². The van der Waals surface area contributed by atoms with E-state index in [1.807, 2.05) is 0 Å². The van der Waals surface area contributed by atoms with Gasteiger partial charge in [-0.15, -0.1) is 0 Å². The Morgan fingerprint density at radius 2 is 1.85 bits per heavy atom. The third-order valence-electron chi connectivity index (χ3n) is 2.35. The number of nitrogens with one attached hydrogen (secondary N) is 1. The number of nitrogens with two attached hydrogens (primary N) is 1. The Kier molecular flexibility index (Phi) is 4.73. The second-order valence-corrected chi connectivity index (χ2v) is 3.84. The van der Waals surface area contributed by atoms with Gasteiger partial charge in [-0.25, -0.2) is 4.79 Å². The number of non-ortho nitro benzene ring substituents is 1. The Morgan fingerprint density at radius 3 is 2.25 bits per heavy atom. The topological polar surface area (TPSA) is 153 Å². The van der Waals surface area contributed by atoms with Crippen LogP contribution in [-0.2, 0) is 9.59 Å². The minimum Gasteiger partial charge on any atom is -0.480 e. The molecular formula is C11H11N3O6. The average Bonchev–Trinajstić information content (AvgIpc) is 2.37. The number of rotatable bonds is 6. The number of hydrogen-bond acceptors (Lipinski definition) is 5. The van der Waals surface area contributed by atoms with Gasteiger partial charge in [0.05, 0.1) is 11.3 Å². The molecule has 20 heavy (non-hydrogen) atoms. The predicted octanol–water partition coefficient (Wildman–Crippen LogP) is -0.347. The van der Waals surface area contributed by atoms with Crippen molar-refractivity contribution in [3.8, 4) is 0 Å². The number of hydrogen-bond donors (Lipinski definition) is 3. The lowest BCUT2D eigenvalue weighted by Gasteiger charge is -2.12. The first-order chi connectivity index (χ1) is 9.31. The Labute approximate surface area is 112 Å². The van der Waals surface area contributed by atoms with Gasteiger partial charge in [0.25, 0.3) is 11.6 Å². The Bertz CT molecular complexity index is 554. The molecule has 0 fully saturated rings. The molecule has 1 rings (SSSR count). The van der Waals surface area contributed by atoms with Crippen molar-refractivity contribution in [2.24, 2.45) is 5.73 Å². The number of carboxylic acids is 1. The van der Waals surface area contributed by atoms with Gasteiger partial charge in [0.2, 0.25) is 5.91 Å². The lowest BCUT2D eigenvalue weighted by Crippen LogP contribution is -2.43. The summed E-state index contributed by atoms with van der Waals surface area (Å²) in [5, 5.41) is 21.4. The lowest BCUT2D eigenvalue weighted by molar-refractivity contribution is -0.384. The number of carbonyl (C=O) groups excluding carboxylic acids is 2. The number of carboxylic acid groups (broad SMARTS) is 1. The molecule has 0 saturated heterocycles. The van der Waals surface area contributed by atoms with E-state index < -0.39 is 35.2 Å². The Balaban J connectivity index is 2.80. The lowest BCUT2D eigenvalue weighted by atomic mass is 10.1. The van der Waals surface area contributed by atoms with Crippen LogP contribution in [0.4, 0.5) is 5.69 Å². The van der Waals surface area contributed by atoms with E-state index in [1.165, 1.54) is 12.1 Å². The molecule has 0 aromatic heterocycles. The third kappa shape index (κ3) is 4.05. The molecule has 0 aliphatic carbocycles. The number of nitro benzene ring substituents is 1. The normalized spacial score (nSPS) is 11.4. The fraction of sp³-hybridized carbons (Fsp3) is 0.182. The summed E-state index contributed by atoms with van der Waals surface area (Å²) in [6.07, 6.45) is -0.548. The van der Waals surface area contributed by atoms with Crippen LogP contribution in [0.25, 0.3) is 0 Å². The maximum atomic E-state index is 11.7. The summed E-state index contributed by atoms with van der Waals surface area (Å²) in [7, 11) is 0. The van der Waals surface area contributed by atoms with Crippen LogP contribution in [-0.4, -0.2) is 33.9 Å². The van der Waals surface area contributed by atoms with Crippen LogP contribution in [0.3, 0.4) is 0 Å². The molecule has 1 aromatic rings. The molecule has 0 aliphatic heterocycles. The van der Waals surface area contributed by atoms with E-state index >= 15 is 0 Å². The Morgan fingerprint density at radius 1 is 1.30 bits per heavy atom. The quantitative estimate of drug-likeness (QED) is 0.478. The number of aliphatic carboxylic acids is 1. The summed E-state index contributed by atoms with van der Waals surface area (Å²) in [5.41, 5.74) is 4.70. The molecule has 0 spiro atoms. The van der Waals surface area contributed by atoms with E-state index in [4.69, 9.17) is 10.8 Å². The summed E-state index contributed by atoms with van der Waals surface area (Å²) in [6, 6.07) is 3.13. The predicted molar refractivity (Wildman–Crippen MR) is 65.8 cm³/mol. The molecule has 1 atom stereocenters. The highest BCUT2D eigenvalue weighted by atomic mass is 16.6. The van der Waals surface area contributed by atoms with E-state index in [-0.39, 0.29) is 11.3 Å². The van der Waals surface area contributed by atoms with Crippen molar-refractivity contribution in [3.05, 3.63) is 39.9 Å². The SMILES string of the molecule is NC(=O)CC(NC(=O)c1ccc([N+](=O)[O-])cc1)C(=O)O.